The smallest absolute Gasteiger partial charge is 0.327 e. The van der Waals surface area contributed by atoms with Crippen LogP contribution in [0.5, 0.6) is 5.75 Å². The van der Waals surface area contributed by atoms with Gasteiger partial charge < -0.3 is 15.0 Å². The lowest BCUT2D eigenvalue weighted by Crippen LogP contribution is -2.49. The summed E-state index contributed by atoms with van der Waals surface area (Å²) < 4.78 is 5.08. The van der Waals surface area contributed by atoms with Crippen molar-refractivity contribution in [1.29, 1.82) is 0 Å². The molecule has 1 spiro atoms. The number of likely N-dealkylation sites (N-methyl/N-ethyl adjacent to an activating group) is 1. The van der Waals surface area contributed by atoms with E-state index in [0.717, 1.165) is 24.2 Å². The number of nitrogens with one attached hydrogen (secondary N) is 1. The molecule has 1 heterocycles. The molecule has 10 heteroatoms. The Labute approximate surface area is 161 Å². The van der Waals surface area contributed by atoms with Crippen molar-refractivity contribution in [3.8, 4) is 5.75 Å². The Hall–Kier alpha value is -3.17. The third kappa shape index (κ3) is 3.25. The lowest BCUT2D eigenvalue weighted by molar-refractivity contribution is -0.384. The largest absolute Gasteiger partial charge is 0.494 e. The summed E-state index contributed by atoms with van der Waals surface area (Å²) >= 11 is 0. The lowest BCUT2D eigenvalue weighted by atomic mass is 9.81. The zero-order valence-corrected chi connectivity index (χ0v) is 15.8. The van der Waals surface area contributed by atoms with Crippen molar-refractivity contribution in [3.63, 3.8) is 0 Å². The molecule has 1 saturated carbocycles. The van der Waals surface area contributed by atoms with Gasteiger partial charge in [-0.2, -0.15) is 0 Å². The van der Waals surface area contributed by atoms with E-state index in [0.29, 0.717) is 12.8 Å². The number of nitro groups is 1. The summed E-state index contributed by atoms with van der Waals surface area (Å²) in [6.45, 7) is -0.427. The molecule has 10 nitrogen and oxygen atoms in total. The van der Waals surface area contributed by atoms with Gasteiger partial charge in [-0.25, -0.2) is 4.79 Å². The molecule has 0 radical (unpaired) electrons. The maximum atomic E-state index is 12.9. The van der Waals surface area contributed by atoms with Gasteiger partial charge in [0.15, 0.2) is 0 Å². The maximum Gasteiger partial charge on any atom is 0.327 e. The average Bonchev–Trinajstić information content (AvgIpc) is 2.85. The Balaban J connectivity index is 1.74. The van der Waals surface area contributed by atoms with E-state index < -0.39 is 28.9 Å². The number of non-ortho nitro benzene ring substituents is 1. The average molecular weight is 390 g/mol. The highest BCUT2D eigenvalue weighted by Gasteiger charge is 2.55. The minimum absolute atomic E-state index is 0.113. The number of benzene rings is 1. The lowest BCUT2D eigenvalue weighted by Gasteiger charge is -2.35. The highest BCUT2D eigenvalue weighted by molar-refractivity contribution is 6.10. The minimum atomic E-state index is -0.847. The summed E-state index contributed by atoms with van der Waals surface area (Å²) in [7, 11) is 2.92. The molecule has 2 fully saturated rings. The Morgan fingerprint density at radius 3 is 2.57 bits per heavy atom. The van der Waals surface area contributed by atoms with Crippen LogP contribution in [0.3, 0.4) is 0 Å². The molecule has 4 amide bonds. The Morgan fingerprint density at radius 2 is 1.96 bits per heavy atom. The van der Waals surface area contributed by atoms with Crippen molar-refractivity contribution in [2.75, 3.05) is 26.0 Å². The van der Waals surface area contributed by atoms with E-state index in [9.17, 15) is 24.5 Å². The molecule has 1 aromatic carbocycles. The van der Waals surface area contributed by atoms with Gasteiger partial charge in [0.25, 0.3) is 11.6 Å². The van der Waals surface area contributed by atoms with Gasteiger partial charge in [-0.05, 0) is 18.9 Å². The molecule has 0 unspecified atom stereocenters. The second kappa shape index (κ2) is 7.45. The van der Waals surface area contributed by atoms with Crippen molar-refractivity contribution in [3.05, 3.63) is 28.3 Å². The van der Waals surface area contributed by atoms with Gasteiger partial charge in [-0.3, -0.25) is 24.6 Å². The predicted octanol–water partition coefficient (Wildman–Crippen LogP) is 2.14. The van der Waals surface area contributed by atoms with Crippen LogP contribution in [0.1, 0.15) is 32.1 Å². The van der Waals surface area contributed by atoms with Crippen molar-refractivity contribution in [1.82, 2.24) is 9.80 Å². The number of nitro benzene ring substituents is 1. The van der Waals surface area contributed by atoms with E-state index in [2.05, 4.69) is 5.32 Å². The van der Waals surface area contributed by atoms with Crippen LogP contribution < -0.4 is 10.1 Å². The fraction of sp³-hybridized carbons (Fsp3) is 0.500. The zero-order valence-electron chi connectivity index (χ0n) is 15.8. The number of ether oxygens (including phenoxy) is 1. The molecule has 150 valence electrons. The van der Waals surface area contributed by atoms with Crippen LogP contribution in [-0.2, 0) is 9.59 Å². The zero-order chi connectivity index (χ0) is 20.5. The van der Waals surface area contributed by atoms with Gasteiger partial charge in [0, 0.05) is 13.1 Å². The minimum Gasteiger partial charge on any atom is -0.494 e. The van der Waals surface area contributed by atoms with Crippen LogP contribution in [0.4, 0.5) is 16.2 Å². The van der Waals surface area contributed by atoms with Crippen LogP contribution in [0.15, 0.2) is 18.2 Å². The number of nitrogens with zero attached hydrogens (tertiary/aromatic N) is 3. The number of amides is 4. The number of imide groups is 1. The molecule has 0 bridgehead atoms. The van der Waals surface area contributed by atoms with Crippen LogP contribution in [0.2, 0.25) is 0 Å². The quantitative estimate of drug-likeness (QED) is 0.467. The molecule has 1 N–H and O–H groups in total. The van der Waals surface area contributed by atoms with Crippen LogP contribution in [-0.4, -0.2) is 58.8 Å². The first-order valence-electron chi connectivity index (χ1n) is 9.02. The Morgan fingerprint density at radius 1 is 1.29 bits per heavy atom. The monoisotopic (exact) mass is 390 g/mol. The molecule has 1 aliphatic carbocycles. The number of hydrogen-bond acceptors (Lipinski definition) is 6. The first-order valence-corrected chi connectivity index (χ1v) is 9.02. The van der Waals surface area contributed by atoms with Crippen LogP contribution in [0.25, 0.3) is 0 Å². The van der Waals surface area contributed by atoms with Crippen LogP contribution >= 0.6 is 0 Å². The molecule has 2 aliphatic rings. The number of urea groups is 1. The fourth-order valence-electron chi connectivity index (χ4n) is 3.90. The summed E-state index contributed by atoms with van der Waals surface area (Å²) in [5.41, 5.74) is -0.806. The van der Waals surface area contributed by atoms with Gasteiger partial charge in [0.2, 0.25) is 5.91 Å². The van der Waals surface area contributed by atoms with Crippen molar-refractivity contribution >= 4 is 29.2 Å². The summed E-state index contributed by atoms with van der Waals surface area (Å²) in [6.07, 6.45) is 3.95. The third-order valence-electron chi connectivity index (χ3n) is 5.46. The number of rotatable bonds is 5. The number of methoxy groups -OCH3 is 1. The van der Waals surface area contributed by atoms with Gasteiger partial charge in [-0.1, -0.05) is 19.3 Å². The molecule has 1 saturated heterocycles. The predicted molar refractivity (Wildman–Crippen MR) is 99.0 cm³/mol. The Bertz CT molecular complexity index is 833. The summed E-state index contributed by atoms with van der Waals surface area (Å²) in [5.74, 6) is -0.817. The van der Waals surface area contributed by atoms with E-state index in [1.807, 2.05) is 0 Å². The Kier molecular flexibility index (Phi) is 5.21. The van der Waals surface area contributed by atoms with E-state index in [1.165, 1.54) is 30.2 Å². The van der Waals surface area contributed by atoms with Gasteiger partial charge >= 0.3 is 6.03 Å². The topological polar surface area (TPSA) is 122 Å². The SMILES string of the molecule is COc1cc([N+](=O)[O-])ccc1NC(=O)CN1C(=O)N(C)C2(CCCCC2)C1=O. The normalized spacial score (nSPS) is 18.5. The van der Waals surface area contributed by atoms with Crippen molar-refractivity contribution in [2.24, 2.45) is 0 Å². The van der Waals surface area contributed by atoms with E-state index >= 15 is 0 Å². The molecular formula is C18H22N4O6. The van der Waals surface area contributed by atoms with Crippen molar-refractivity contribution in [2.45, 2.75) is 37.6 Å². The summed E-state index contributed by atoms with van der Waals surface area (Å²) in [4.78, 5) is 50.7. The number of carbonyl (C=O) groups is 3. The second-order valence-corrected chi connectivity index (χ2v) is 7.02. The van der Waals surface area contributed by atoms with Gasteiger partial charge in [-0.15, -0.1) is 0 Å². The standard InChI is InChI=1S/C18H22N4O6/c1-20-17(25)21(16(24)18(20)8-4-3-5-9-18)11-15(23)19-13-7-6-12(22(26)27)10-14(13)28-2/h6-7,10H,3-5,8-9,11H2,1-2H3,(H,19,23). The number of hydrogen-bond donors (Lipinski definition) is 1. The molecule has 3 rings (SSSR count). The highest BCUT2D eigenvalue weighted by Crippen LogP contribution is 2.39. The maximum absolute atomic E-state index is 12.9. The first-order chi connectivity index (χ1) is 13.3. The molecule has 0 atom stereocenters. The summed E-state index contributed by atoms with van der Waals surface area (Å²) in [5, 5.41) is 13.4. The third-order valence-corrected chi connectivity index (χ3v) is 5.46. The van der Waals surface area contributed by atoms with E-state index in [4.69, 9.17) is 4.74 Å². The first kappa shape index (κ1) is 19.6. The second-order valence-electron chi connectivity index (χ2n) is 7.02. The van der Waals surface area contributed by atoms with Crippen molar-refractivity contribution < 1.29 is 24.0 Å². The van der Waals surface area contributed by atoms with E-state index in [-0.39, 0.29) is 23.0 Å². The van der Waals surface area contributed by atoms with E-state index in [1.54, 1.807) is 7.05 Å². The fourth-order valence-corrected chi connectivity index (χ4v) is 3.90. The summed E-state index contributed by atoms with van der Waals surface area (Å²) in [6, 6.07) is 3.27. The van der Waals surface area contributed by atoms with Crippen LogP contribution in [0, 0.1) is 10.1 Å². The number of carbonyl (C=O) groups excluding carboxylic acids is 3. The highest BCUT2D eigenvalue weighted by atomic mass is 16.6. The van der Waals surface area contributed by atoms with Gasteiger partial charge in [0.1, 0.15) is 17.8 Å². The molecule has 1 aromatic rings. The van der Waals surface area contributed by atoms with Gasteiger partial charge in [0.05, 0.1) is 23.8 Å². The number of anilines is 1. The molecule has 1 aliphatic heterocycles. The molecule has 0 aromatic heterocycles. The molecule has 28 heavy (non-hydrogen) atoms. The molecular weight excluding hydrogens is 368 g/mol.